The zero-order chi connectivity index (χ0) is 10.7. The van der Waals surface area contributed by atoms with E-state index in [4.69, 9.17) is 0 Å². The van der Waals surface area contributed by atoms with E-state index in [-0.39, 0.29) is 0 Å². The summed E-state index contributed by atoms with van der Waals surface area (Å²) in [6.07, 6.45) is 8.57. The van der Waals surface area contributed by atoms with Crippen molar-refractivity contribution in [2.75, 3.05) is 12.0 Å². The number of rotatable bonds is 4. The van der Waals surface area contributed by atoms with Crippen molar-refractivity contribution in [1.29, 1.82) is 0 Å². The van der Waals surface area contributed by atoms with Crippen molar-refractivity contribution in [3.8, 4) is 0 Å². The second-order valence-corrected chi connectivity index (χ2v) is 5.24. The molecule has 1 aromatic heterocycles. The van der Waals surface area contributed by atoms with E-state index < -0.39 is 0 Å². The molecule has 0 amide bonds. The van der Waals surface area contributed by atoms with Crippen molar-refractivity contribution in [1.82, 2.24) is 9.55 Å². The molecule has 1 aromatic rings. The summed E-state index contributed by atoms with van der Waals surface area (Å²) < 4.78 is 2.45. The topological polar surface area (TPSA) is 17.8 Å². The lowest BCUT2D eigenvalue weighted by atomic mass is 10.0. The van der Waals surface area contributed by atoms with E-state index in [1.165, 1.54) is 55.1 Å². The average Bonchev–Trinajstić information content (AvgIpc) is 2.56. The summed E-state index contributed by atoms with van der Waals surface area (Å²) in [5, 5.41) is 0. The Morgan fingerprint density at radius 1 is 1.33 bits per heavy atom. The average molecular weight is 224 g/mol. The standard InChI is InChI=1S/C12H20N2S/c1-10-13-11-6-3-4-7-12(11)14(10)8-5-9-15-2/h3-9H2,1-2H3. The van der Waals surface area contributed by atoms with Crippen LogP contribution >= 0.6 is 11.8 Å². The Labute approximate surface area is 96.5 Å². The van der Waals surface area contributed by atoms with Crippen LogP contribution in [0.3, 0.4) is 0 Å². The molecule has 3 heteroatoms. The van der Waals surface area contributed by atoms with E-state index in [9.17, 15) is 0 Å². The lowest BCUT2D eigenvalue weighted by Gasteiger charge is -2.14. The van der Waals surface area contributed by atoms with Crippen LogP contribution in [-0.2, 0) is 19.4 Å². The highest BCUT2D eigenvalue weighted by atomic mass is 32.2. The largest absolute Gasteiger partial charge is 0.332 e. The molecular weight excluding hydrogens is 204 g/mol. The number of hydrogen-bond donors (Lipinski definition) is 0. The highest BCUT2D eigenvalue weighted by Crippen LogP contribution is 2.22. The highest BCUT2D eigenvalue weighted by Gasteiger charge is 2.17. The Balaban J connectivity index is 2.11. The number of fused-ring (bicyclic) bond motifs is 1. The molecular formula is C12H20N2S. The Bertz CT molecular complexity index is 331. The third-order valence-electron chi connectivity index (χ3n) is 3.15. The molecule has 0 saturated heterocycles. The van der Waals surface area contributed by atoms with Crippen LogP contribution in [0.15, 0.2) is 0 Å². The van der Waals surface area contributed by atoms with Gasteiger partial charge in [-0.1, -0.05) is 0 Å². The second-order valence-electron chi connectivity index (χ2n) is 4.26. The number of aromatic nitrogens is 2. The lowest BCUT2D eigenvalue weighted by Crippen LogP contribution is -2.10. The third kappa shape index (κ3) is 2.39. The Morgan fingerprint density at radius 3 is 2.93 bits per heavy atom. The monoisotopic (exact) mass is 224 g/mol. The maximum atomic E-state index is 4.69. The summed E-state index contributed by atoms with van der Waals surface area (Å²) in [5.74, 6) is 2.48. The van der Waals surface area contributed by atoms with E-state index in [1.54, 1.807) is 0 Å². The van der Waals surface area contributed by atoms with E-state index in [0.717, 1.165) is 6.54 Å². The van der Waals surface area contributed by atoms with Crippen molar-refractivity contribution in [3.05, 3.63) is 17.2 Å². The van der Waals surface area contributed by atoms with Gasteiger partial charge in [-0.2, -0.15) is 11.8 Å². The molecule has 1 aliphatic rings. The third-order valence-corrected chi connectivity index (χ3v) is 3.85. The molecule has 0 N–H and O–H groups in total. The number of aryl methyl sites for hydroxylation is 2. The summed E-state index contributed by atoms with van der Waals surface area (Å²) in [7, 11) is 0. The van der Waals surface area contributed by atoms with E-state index in [1.807, 2.05) is 11.8 Å². The lowest BCUT2D eigenvalue weighted by molar-refractivity contribution is 0.590. The van der Waals surface area contributed by atoms with Crippen molar-refractivity contribution < 1.29 is 0 Å². The van der Waals surface area contributed by atoms with E-state index in [0.29, 0.717) is 0 Å². The zero-order valence-corrected chi connectivity index (χ0v) is 10.6. The van der Waals surface area contributed by atoms with Gasteiger partial charge in [-0.3, -0.25) is 0 Å². The Hall–Kier alpha value is -0.440. The van der Waals surface area contributed by atoms with Crippen molar-refractivity contribution >= 4 is 11.8 Å². The number of nitrogens with zero attached hydrogens (tertiary/aromatic N) is 2. The van der Waals surface area contributed by atoms with Crippen LogP contribution < -0.4 is 0 Å². The van der Waals surface area contributed by atoms with Gasteiger partial charge in [0.2, 0.25) is 0 Å². The molecule has 15 heavy (non-hydrogen) atoms. The predicted molar refractivity (Wildman–Crippen MR) is 66.6 cm³/mol. The maximum absolute atomic E-state index is 4.69. The van der Waals surface area contributed by atoms with Crippen LogP contribution in [0.2, 0.25) is 0 Å². The van der Waals surface area contributed by atoms with E-state index in [2.05, 4.69) is 22.7 Å². The smallest absolute Gasteiger partial charge is 0.106 e. The summed E-state index contributed by atoms with van der Waals surface area (Å²) in [6.45, 7) is 3.31. The summed E-state index contributed by atoms with van der Waals surface area (Å²) in [6, 6.07) is 0. The number of hydrogen-bond acceptors (Lipinski definition) is 2. The van der Waals surface area contributed by atoms with Crippen molar-refractivity contribution in [2.45, 2.75) is 45.6 Å². The van der Waals surface area contributed by atoms with Gasteiger partial charge < -0.3 is 4.57 Å². The normalized spacial score (nSPS) is 15.3. The van der Waals surface area contributed by atoms with Gasteiger partial charge in [0.05, 0.1) is 5.69 Å². The molecule has 0 saturated carbocycles. The first kappa shape index (κ1) is 11.1. The fourth-order valence-electron chi connectivity index (χ4n) is 2.40. The molecule has 1 aliphatic carbocycles. The van der Waals surface area contributed by atoms with Crippen molar-refractivity contribution in [2.24, 2.45) is 0 Å². The van der Waals surface area contributed by atoms with Crippen LogP contribution in [0.1, 0.15) is 36.5 Å². The van der Waals surface area contributed by atoms with Crippen LogP contribution in [0.4, 0.5) is 0 Å². The molecule has 1 heterocycles. The molecule has 0 aliphatic heterocycles. The molecule has 0 unspecified atom stereocenters. The van der Waals surface area contributed by atoms with Gasteiger partial charge in [0.15, 0.2) is 0 Å². The molecule has 0 fully saturated rings. The predicted octanol–water partition coefficient (Wildman–Crippen LogP) is 2.82. The first-order valence-corrected chi connectivity index (χ1v) is 7.26. The minimum Gasteiger partial charge on any atom is -0.332 e. The first-order chi connectivity index (χ1) is 7.33. The van der Waals surface area contributed by atoms with E-state index >= 15 is 0 Å². The van der Waals surface area contributed by atoms with Crippen LogP contribution in [0, 0.1) is 6.92 Å². The van der Waals surface area contributed by atoms with Crippen LogP contribution in [-0.4, -0.2) is 21.6 Å². The van der Waals surface area contributed by atoms with Gasteiger partial charge in [-0.25, -0.2) is 4.98 Å². The molecule has 2 rings (SSSR count). The zero-order valence-electron chi connectivity index (χ0n) is 9.75. The maximum Gasteiger partial charge on any atom is 0.106 e. The molecule has 0 radical (unpaired) electrons. The van der Waals surface area contributed by atoms with Gasteiger partial charge in [0.25, 0.3) is 0 Å². The van der Waals surface area contributed by atoms with Gasteiger partial charge in [0, 0.05) is 12.2 Å². The SMILES string of the molecule is CSCCCn1c(C)nc2c1CCCC2. The van der Waals surface area contributed by atoms with Gasteiger partial charge in [0.1, 0.15) is 5.82 Å². The van der Waals surface area contributed by atoms with Gasteiger partial charge in [-0.05, 0) is 51.0 Å². The minimum atomic E-state index is 1.16. The molecule has 2 nitrogen and oxygen atoms in total. The molecule has 0 bridgehead atoms. The van der Waals surface area contributed by atoms with Crippen LogP contribution in [0.5, 0.6) is 0 Å². The van der Waals surface area contributed by atoms with Crippen LogP contribution in [0.25, 0.3) is 0 Å². The van der Waals surface area contributed by atoms with Gasteiger partial charge in [-0.15, -0.1) is 0 Å². The second kappa shape index (κ2) is 5.06. The molecule has 0 aromatic carbocycles. The number of imidazole rings is 1. The molecule has 84 valence electrons. The fraction of sp³-hybridized carbons (Fsp3) is 0.750. The van der Waals surface area contributed by atoms with Gasteiger partial charge >= 0.3 is 0 Å². The Kier molecular flexibility index (Phi) is 3.73. The summed E-state index contributed by atoms with van der Waals surface area (Å²) in [5.41, 5.74) is 2.91. The highest BCUT2D eigenvalue weighted by molar-refractivity contribution is 7.98. The summed E-state index contributed by atoms with van der Waals surface area (Å²) >= 11 is 1.93. The quantitative estimate of drug-likeness (QED) is 0.732. The molecule has 0 spiro atoms. The van der Waals surface area contributed by atoms with Crippen molar-refractivity contribution in [3.63, 3.8) is 0 Å². The Morgan fingerprint density at radius 2 is 2.13 bits per heavy atom. The molecule has 0 atom stereocenters. The number of thioether (sulfide) groups is 1. The first-order valence-electron chi connectivity index (χ1n) is 5.86. The fourth-order valence-corrected chi connectivity index (χ4v) is 2.82. The summed E-state index contributed by atoms with van der Waals surface area (Å²) in [4.78, 5) is 4.69. The minimum absolute atomic E-state index is 1.16.